The van der Waals surface area contributed by atoms with Gasteiger partial charge in [-0.3, -0.25) is 4.79 Å². The van der Waals surface area contributed by atoms with Gasteiger partial charge >= 0.3 is 0 Å². The molecule has 110 valence electrons. The molecule has 0 unspecified atom stereocenters. The van der Waals surface area contributed by atoms with E-state index in [2.05, 4.69) is 5.32 Å². The van der Waals surface area contributed by atoms with Crippen molar-refractivity contribution in [1.29, 1.82) is 0 Å². The molecule has 2 rings (SSSR count). The van der Waals surface area contributed by atoms with E-state index in [0.29, 0.717) is 18.3 Å². The first-order valence-corrected chi connectivity index (χ1v) is 7.42. The molecule has 1 aliphatic carbocycles. The summed E-state index contributed by atoms with van der Waals surface area (Å²) in [7, 11) is 0. The Morgan fingerprint density at radius 1 is 1.50 bits per heavy atom. The SMILES string of the molecule is CCc1ccc(F)cc1OCC1CC(NC(=O)CCl)C1. The summed E-state index contributed by atoms with van der Waals surface area (Å²) in [5.41, 5.74) is 1.01. The van der Waals surface area contributed by atoms with Crippen LogP contribution in [0.5, 0.6) is 5.75 Å². The first-order chi connectivity index (χ1) is 9.62. The van der Waals surface area contributed by atoms with E-state index in [0.717, 1.165) is 24.8 Å². The second kappa shape index (κ2) is 6.93. The molecule has 0 bridgehead atoms. The van der Waals surface area contributed by atoms with Crippen LogP contribution in [0, 0.1) is 11.7 Å². The predicted molar refractivity (Wildman–Crippen MR) is 76.6 cm³/mol. The highest BCUT2D eigenvalue weighted by Gasteiger charge is 2.30. The van der Waals surface area contributed by atoms with Crippen LogP contribution in [0.1, 0.15) is 25.3 Å². The number of nitrogens with one attached hydrogen (secondary N) is 1. The molecular weight excluding hydrogens is 281 g/mol. The number of ether oxygens (including phenoxy) is 1. The molecule has 1 N–H and O–H groups in total. The molecule has 0 spiro atoms. The lowest BCUT2D eigenvalue weighted by molar-refractivity contribution is -0.120. The van der Waals surface area contributed by atoms with Crippen LogP contribution in [-0.2, 0) is 11.2 Å². The summed E-state index contributed by atoms with van der Waals surface area (Å²) in [6, 6.07) is 4.85. The van der Waals surface area contributed by atoms with Crippen molar-refractivity contribution in [3.63, 3.8) is 0 Å². The summed E-state index contributed by atoms with van der Waals surface area (Å²) in [6.07, 6.45) is 2.59. The number of aryl methyl sites for hydroxylation is 1. The molecule has 1 aromatic rings. The number of hydrogen-bond donors (Lipinski definition) is 1. The van der Waals surface area contributed by atoms with E-state index in [1.54, 1.807) is 6.07 Å². The first kappa shape index (κ1) is 15.1. The van der Waals surface area contributed by atoms with E-state index < -0.39 is 0 Å². The molecular formula is C15H19ClFNO2. The Morgan fingerprint density at radius 3 is 2.90 bits per heavy atom. The van der Waals surface area contributed by atoms with Crippen LogP contribution < -0.4 is 10.1 Å². The van der Waals surface area contributed by atoms with E-state index in [1.165, 1.54) is 12.1 Å². The molecule has 1 amide bonds. The Hall–Kier alpha value is -1.29. The third-order valence-electron chi connectivity index (χ3n) is 3.61. The van der Waals surface area contributed by atoms with Crippen LogP contribution in [0.25, 0.3) is 0 Å². The van der Waals surface area contributed by atoms with Gasteiger partial charge in [-0.2, -0.15) is 0 Å². The van der Waals surface area contributed by atoms with Gasteiger partial charge in [0.05, 0.1) is 6.61 Å². The lowest BCUT2D eigenvalue weighted by Crippen LogP contribution is -2.46. The van der Waals surface area contributed by atoms with E-state index in [1.807, 2.05) is 6.92 Å². The lowest BCUT2D eigenvalue weighted by atomic mass is 9.81. The van der Waals surface area contributed by atoms with Gasteiger partial charge in [-0.15, -0.1) is 11.6 Å². The van der Waals surface area contributed by atoms with Gasteiger partial charge < -0.3 is 10.1 Å². The molecule has 1 saturated carbocycles. The Bertz CT molecular complexity index is 475. The van der Waals surface area contributed by atoms with Crippen LogP contribution in [-0.4, -0.2) is 24.4 Å². The van der Waals surface area contributed by atoms with Gasteiger partial charge in [0.25, 0.3) is 0 Å². The number of benzene rings is 1. The minimum absolute atomic E-state index is 0.000812. The average Bonchev–Trinajstić information content (AvgIpc) is 2.41. The Labute approximate surface area is 123 Å². The summed E-state index contributed by atoms with van der Waals surface area (Å²) >= 11 is 5.43. The molecule has 0 aliphatic heterocycles. The van der Waals surface area contributed by atoms with Crippen LogP contribution in [0.15, 0.2) is 18.2 Å². The third kappa shape index (κ3) is 3.85. The maximum atomic E-state index is 13.2. The molecule has 3 nitrogen and oxygen atoms in total. The quantitative estimate of drug-likeness (QED) is 0.820. The molecule has 0 radical (unpaired) electrons. The average molecular weight is 300 g/mol. The molecule has 1 aliphatic rings. The highest BCUT2D eigenvalue weighted by Crippen LogP contribution is 2.29. The maximum Gasteiger partial charge on any atom is 0.235 e. The number of carbonyl (C=O) groups excluding carboxylic acids is 1. The number of amides is 1. The second-order valence-electron chi connectivity index (χ2n) is 5.15. The van der Waals surface area contributed by atoms with Gasteiger partial charge in [-0.25, -0.2) is 4.39 Å². The van der Waals surface area contributed by atoms with E-state index in [4.69, 9.17) is 16.3 Å². The smallest absolute Gasteiger partial charge is 0.235 e. The number of alkyl halides is 1. The number of hydrogen-bond acceptors (Lipinski definition) is 2. The number of halogens is 2. The highest BCUT2D eigenvalue weighted by molar-refractivity contribution is 6.27. The zero-order valence-electron chi connectivity index (χ0n) is 11.5. The summed E-state index contributed by atoms with van der Waals surface area (Å²) in [5.74, 6) is 0.623. The van der Waals surface area contributed by atoms with E-state index in [9.17, 15) is 9.18 Å². The zero-order chi connectivity index (χ0) is 14.5. The topological polar surface area (TPSA) is 38.3 Å². The van der Waals surface area contributed by atoms with Crippen molar-refractivity contribution in [2.45, 2.75) is 32.2 Å². The molecule has 0 atom stereocenters. The summed E-state index contributed by atoms with van der Waals surface area (Å²) in [4.78, 5) is 11.1. The van der Waals surface area contributed by atoms with Crippen LogP contribution >= 0.6 is 11.6 Å². The van der Waals surface area contributed by atoms with Crippen molar-refractivity contribution in [3.05, 3.63) is 29.6 Å². The summed E-state index contributed by atoms with van der Waals surface area (Å²) in [5, 5.41) is 2.84. The first-order valence-electron chi connectivity index (χ1n) is 6.89. The molecule has 1 aromatic carbocycles. The number of rotatable bonds is 6. The monoisotopic (exact) mass is 299 g/mol. The Morgan fingerprint density at radius 2 is 2.25 bits per heavy atom. The molecule has 0 aromatic heterocycles. The zero-order valence-corrected chi connectivity index (χ0v) is 12.3. The Kier molecular flexibility index (Phi) is 5.24. The van der Waals surface area contributed by atoms with Crippen molar-refractivity contribution < 1.29 is 13.9 Å². The fourth-order valence-electron chi connectivity index (χ4n) is 2.42. The van der Waals surface area contributed by atoms with Crippen molar-refractivity contribution >= 4 is 17.5 Å². The normalized spacial score (nSPS) is 21.1. The lowest BCUT2D eigenvalue weighted by Gasteiger charge is -2.35. The minimum Gasteiger partial charge on any atom is -0.493 e. The van der Waals surface area contributed by atoms with Crippen LogP contribution in [0.2, 0.25) is 0 Å². The van der Waals surface area contributed by atoms with Crippen molar-refractivity contribution in [2.24, 2.45) is 5.92 Å². The van der Waals surface area contributed by atoms with Crippen LogP contribution in [0.4, 0.5) is 4.39 Å². The maximum absolute atomic E-state index is 13.2. The summed E-state index contributed by atoms with van der Waals surface area (Å²) in [6.45, 7) is 2.57. The highest BCUT2D eigenvalue weighted by atomic mass is 35.5. The van der Waals surface area contributed by atoms with Gasteiger partial charge in [-0.05, 0) is 36.8 Å². The second-order valence-corrected chi connectivity index (χ2v) is 5.42. The van der Waals surface area contributed by atoms with Crippen LogP contribution in [0.3, 0.4) is 0 Å². The van der Waals surface area contributed by atoms with E-state index in [-0.39, 0.29) is 23.6 Å². The van der Waals surface area contributed by atoms with Crippen molar-refractivity contribution in [1.82, 2.24) is 5.32 Å². The van der Waals surface area contributed by atoms with Crippen molar-refractivity contribution in [3.8, 4) is 5.75 Å². The fourth-order valence-corrected chi connectivity index (χ4v) is 2.50. The molecule has 20 heavy (non-hydrogen) atoms. The molecule has 0 saturated heterocycles. The standard InChI is InChI=1S/C15H19ClFNO2/c1-2-11-3-4-12(17)7-14(11)20-9-10-5-13(6-10)18-15(19)8-16/h3-4,7,10,13H,2,5-6,8-9H2,1H3,(H,18,19). The largest absolute Gasteiger partial charge is 0.493 e. The number of carbonyl (C=O) groups is 1. The van der Waals surface area contributed by atoms with Gasteiger partial charge in [0.15, 0.2) is 0 Å². The Balaban J connectivity index is 1.77. The van der Waals surface area contributed by atoms with E-state index >= 15 is 0 Å². The molecule has 5 heteroatoms. The van der Waals surface area contributed by atoms with Gasteiger partial charge in [0, 0.05) is 12.1 Å². The van der Waals surface area contributed by atoms with Gasteiger partial charge in [0.2, 0.25) is 5.91 Å². The van der Waals surface area contributed by atoms with Crippen molar-refractivity contribution in [2.75, 3.05) is 12.5 Å². The summed E-state index contributed by atoms with van der Waals surface area (Å²) < 4.78 is 18.9. The minimum atomic E-state index is -0.280. The third-order valence-corrected chi connectivity index (χ3v) is 3.85. The molecule has 1 fully saturated rings. The predicted octanol–water partition coefficient (Wildman–Crippen LogP) is 2.90. The van der Waals surface area contributed by atoms with Gasteiger partial charge in [0.1, 0.15) is 17.4 Å². The van der Waals surface area contributed by atoms with Gasteiger partial charge in [-0.1, -0.05) is 13.0 Å². The molecule has 0 heterocycles. The fraction of sp³-hybridized carbons (Fsp3) is 0.533.